The zero-order valence-corrected chi connectivity index (χ0v) is 18.3. The highest BCUT2D eigenvalue weighted by Crippen LogP contribution is 2.37. The third-order valence-corrected chi connectivity index (χ3v) is 6.20. The highest BCUT2D eigenvalue weighted by atomic mass is 19.4. The fourth-order valence-electron chi connectivity index (χ4n) is 4.35. The molecule has 0 spiro atoms. The number of nitrogens with zero attached hydrogens (tertiary/aromatic N) is 3. The number of nitroso groups, excluding NO2 is 1. The Morgan fingerprint density at radius 1 is 0.912 bits per heavy atom. The Balaban J connectivity index is 1.34. The van der Waals surface area contributed by atoms with Gasteiger partial charge in [0.2, 0.25) is 0 Å². The van der Waals surface area contributed by atoms with Crippen LogP contribution in [-0.4, -0.2) is 15.9 Å². The Kier molecular flexibility index (Phi) is 7.00. The van der Waals surface area contributed by atoms with Crippen LogP contribution in [0.2, 0.25) is 0 Å². The number of aromatic nitrogens is 2. The zero-order valence-electron chi connectivity index (χ0n) is 18.3. The van der Waals surface area contributed by atoms with Gasteiger partial charge in [0.25, 0.3) is 5.91 Å². The number of halogens is 3. The van der Waals surface area contributed by atoms with Gasteiger partial charge in [-0.25, -0.2) is 4.98 Å². The van der Waals surface area contributed by atoms with Gasteiger partial charge >= 0.3 is 6.18 Å². The Hall–Kier alpha value is -3.62. The minimum atomic E-state index is -4.47. The molecule has 1 fully saturated rings. The molecule has 1 amide bonds. The van der Waals surface area contributed by atoms with Crippen molar-refractivity contribution in [3.8, 4) is 11.3 Å². The number of hydrogen-bond acceptors (Lipinski definition) is 5. The van der Waals surface area contributed by atoms with Gasteiger partial charge in [-0.2, -0.15) is 13.2 Å². The molecule has 1 aliphatic rings. The molecule has 34 heavy (non-hydrogen) atoms. The first-order valence-corrected chi connectivity index (χ1v) is 11.0. The van der Waals surface area contributed by atoms with E-state index < -0.39 is 17.8 Å². The van der Waals surface area contributed by atoms with E-state index in [0.717, 1.165) is 49.2 Å². The van der Waals surface area contributed by atoms with Crippen molar-refractivity contribution in [2.24, 2.45) is 11.1 Å². The molecule has 9 heteroatoms. The van der Waals surface area contributed by atoms with Crippen LogP contribution < -0.4 is 5.32 Å². The average Bonchev–Trinajstić information content (AvgIpc) is 2.85. The monoisotopic (exact) mass is 468 g/mol. The van der Waals surface area contributed by atoms with Gasteiger partial charge in [-0.3, -0.25) is 9.78 Å². The number of nitrogens with one attached hydrogen (secondary N) is 1. The molecule has 1 aromatic carbocycles. The first kappa shape index (κ1) is 23.5. The van der Waals surface area contributed by atoms with Crippen LogP contribution in [0.15, 0.2) is 66.1 Å². The van der Waals surface area contributed by atoms with Crippen molar-refractivity contribution >= 4 is 17.3 Å². The number of anilines is 2. The largest absolute Gasteiger partial charge is 0.433 e. The van der Waals surface area contributed by atoms with Gasteiger partial charge in [-0.15, -0.1) is 4.91 Å². The van der Waals surface area contributed by atoms with E-state index >= 15 is 0 Å². The Morgan fingerprint density at radius 3 is 2.09 bits per heavy atom. The predicted octanol–water partition coefficient (Wildman–Crippen LogP) is 6.86. The summed E-state index contributed by atoms with van der Waals surface area (Å²) in [7, 11) is 0. The van der Waals surface area contributed by atoms with Crippen LogP contribution in [0.3, 0.4) is 0 Å². The Bertz CT molecular complexity index is 1120. The number of carbonyl (C=O) groups excluding carboxylic acids is 1. The van der Waals surface area contributed by atoms with Crippen molar-refractivity contribution < 1.29 is 18.0 Å². The average molecular weight is 468 g/mol. The van der Waals surface area contributed by atoms with E-state index in [0.29, 0.717) is 17.3 Å². The summed E-state index contributed by atoms with van der Waals surface area (Å²) in [6.45, 7) is 0. The van der Waals surface area contributed by atoms with Crippen molar-refractivity contribution in [2.45, 2.75) is 44.2 Å². The quantitative estimate of drug-likeness (QED) is 0.399. The van der Waals surface area contributed by atoms with Gasteiger partial charge in [0.05, 0.1) is 29.5 Å². The van der Waals surface area contributed by atoms with Crippen LogP contribution >= 0.6 is 0 Å². The molecule has 2 heterocycles. The summed E-state index contributed by atoms with van der Waals surface area (Å²) in [5.41, 5.74) is 3.13. The van der Waals surface area contributed by atoms with Crippen molar-refractivity contribution in [1.82, 2.24) is 9.97 Å². The van der Waals surface area contributed by atoms with Crippen molar-refractivity contribution in [1.29, 1.82) is 0 Å². The van der Waals surface area contributed by atoms with Crippen LogP contribution in [0.25, 0.3) is 11.3 Å². The van der Waals surface area contributed by atoms with E-state index in [4.69, 9.17) is 0 Å². The third kappa shape index (κ3) is 5.84. The van der Waals surface area contributed by atoms with Crippen LogP contribution in [0.1, 0.15) is 49.3 Å². The van der Waals surface area contributed by atoms with Crippen molar-refractivity contribution in [3.05, 3.63) is 77.1 Å². The van der Waals surface area contributed by atoms with E-state index in [2.05, 4.69) is 32.6 Å². The molecule has 0 bridgehead atoms. The van der Waals surface area contributed by atoms with E-state index in [-0.39, 0.29) is 12.3 Å². The second-order valence-electron chi connectivity index (χ2n) is 8.52. The number of benzene rings is 1. The molecule has 1 saturated carbocycles. The van der Waals surface area contributed by atoms with Gasteiger partial charge in [0.1, 0.15) is 5.69 Å². The first-order chi connectivity index (χ1) is 16.3. The van der Waals surface area contributed by atoms with Crippen LogP contribution in [-0.2, 0) is 11.0 Å². The number of hydrogen-bond donors (Lipinski definition) is 1. The molecular weight excluding hydrogens is 445 g/mol. The highest BCUT2D eigenvalue weighted by molar-refractivity contribution is 5.76. The lowest BCUT2D eigenvalue weighted by molar-refractivity contribution is -0.141. The summed E-state index contributed by atoms with van der Waals surface area (Å²) in [6, 6.07) is 14.2. The zero-order chi connectivity index (χ0) is 24.1. The van der Waals surface area contributed by atoms with Crippen LogP contribution in [0.5, 0.6) is 0 Å². The van der Waals surface area contributed by atoms with Crippen LogP contribution in [0, 0.1) is 10.8 Å². The topological polar surface area (TPSA) is 84.3 Å². The molecule has 0 saturated heterocycles. The molecule has 0 atom stereocenters. The number of pyridine rings is 2. The van der Waals surface area contributed by atoms with E-state index in [1.54, 1.807) is 6.20 Å². The van der Waals surface area contributed by atoms with Gasteiger partial charge < -0.3 is 5.32 Å². The Morgan fingerprint density at radius 2 is 1.56 bits per heavy atom. The number of amides is 1. The molecule has 0 unspecified atom stereocenters. The molecule has 0 aliphatic heterocycles. The number of rotatable bonds is 6. The highest BCUT2D eigenvalue weighted by Gasteiger charge is 2.32. The van der Waals surface area contributed by atoms with Gasteiger partial charge in [-0.05, 0) is 67.3 Å². The SMILES string of the molecule is O=NC(=O)CC1CCC(c2ccc(-c3ccc(Nc4ccc(C(F)(F)F)nc4)cn3)cc2)CC1. The predicted molar refractivity (Wildman–Crippen MR) is 122 cm³/mol. The van der Waals surface area contributed by atoms with E-state index in [9.17, 15) is 22.9 Å². The lowest BCUT2D eigenvalue weighted by atomic mass is 9.77. The molecule has 3 aromatic rings. The first-order valence-electron chi connectivity index (χ1n) is 11.0. The molecule has 1 aliphatic carbocycles. The van der Waals surface area contributed by atoms with E-state index in [1.807, 2.05) is 24.3 Å². The summed E-state index contributed by atoms with van der Waals surface area (Å²) in [5.74, 6) is 0.120. The molecule has 176 valence electrons. The molecular formula is C25H23F3N4O2. The minimum Gasteiger partial charge on any atom is -0.353 e. The van der Waals surface area contributed by atoms with E-state index in [1.165, 1.54) is 11.6 Å². The fraction of sp³-hybridized carbons (Fsp3) is 0.320. The number of alkyl halides is 3. The minimum absolute atomic E-state index is 0.246. The lowest BCUT2D eigenvalue weighted by Gasteiger charge is -2.28. The normalized spacial score (nSPS) is 18.3. The standard InChI is InChI=1S/C25H23F3N4O2/c26-25(27,28)23-12-10-21(15-30-23)31-20-9-11-22(29-14-20)19-7-5-18(6-8-19)17-3-1-16(2-4-17)13-24(33)32-34/h5-12,14-17,31H,1-4,13H2. The smallest absolute Gasteiger partial charge is 0.353 e. The van der Waals surface area contributed by atoms with Gasteiger partial charge in [0, 0.05) is 17.2 Å². The Labute approximate surface area is 194 Å². The summed E-state index contributed by atoms with van der Waals surface area (Å²) in [4.78, 5) is 29.4. The van der Waals surface area contributed by atoms with Crippen molar-refractivity contribution in [3.63, 3.8) is 0 Å². The van der Waals surface area contributed by atoms with Gasteiger partial charge in [-0.1, -0.05) is 24.3 Å². The molecule has 4 rings (SSSR count). The number of carbonyl (C=O) groups is 1. The summed E-state index contributed by atoms with van der Waals surface area (Å²) < 4.78 is 37.9. The maximum Gasteiger partial charge on any atom is 0.433 e. The fourth-order valence-corrected chi connectivity index (χ4v) is 4.35. The molecule has 0 radical (unpaired) electrons. The molecule has 6 nitrogen and oxygen atoms in total. The van der Waals surface area contributed by atoms with Crippen LogP contribution in [0.4, 0.5) is 24.5 Å². The maximum atomic E-state index is 12.6. The third-order valence-electron chi connectivity index (χ3n) is 6.20. The second-order valence-corrected chi connectivity index (χ2v) is 8.52. The summed E-state index contributed by atoms with van der Waals surface area (Å²) >= 11 is 0. The molecule has 2 aromatic heterocycles. The van der Waals surface area contributed by atoms with Gasteiger partial charge in [0.15, 0.2) is 0 Å². The van der Waals surface area contributed by atoms with Crippen molar-refractivity contribution in [2.75, 3.05) is 5.32 Å². The summed E-state index contributed by atoms with van der Waals surface area (Å²) in [6.07, 6.45) is 2.34. The maximum absolute atomic E-state index is 12.6. The molecule has 1 N–H and O–H groups in total. The lowest BCUT2D eigenvalue weighted by Crippen LogP contribution is -2.15. The summed E-state index contributed by atoms with van der Waals surface area (Å²) in [5, 5.41) is 5.49. The second kappa shape index (κ2) is 10.1.